The van der Waals surface area contributed by atoms with Crippen molar-refractivity contribution in [2.45, 2.75) is 12.8 Å². The summed E-state index contributed by atoms with van der Waals surface area (Å²) in [5.74, 6) is 2.66. The molecule has 0 saturated heterocycles. The number of hydrogen-bond donors (Lipinski definition) is 1. The van der Waals surface area contributed by atoms with Crippen molar-refractivity contribution in [1.82, 2.24) is 9.97 Å². The van der Waals surface area contributed by atoms with E-state index in [0.29, 0.717) is 11.7 Å². The fourth-order valence-electron chi connectivity index (χ4n) is 3.05. The van der Waals surface area contributed by atoms with E-state index in [-0.39, 0.29) is 0 Å². The Morgan fingerprint density at radius 2 is 1.73 bits per heavy atom. The molecule has 2 aromatic carbocycles. The highest BCUT2D eigenvalue weighted by molar-refractivity contribution is 5.81. The maximum absolute atomic E-state index is 5.81. The van der Waals surface area contributed by atoms with Crippen LogP contribution in [0.1, 0.15) is 12.8 Å². The highest BCUT2D eigenvalue weighted by Gasteiger charge is 2.26. The molecule has 4 rings (SSSR count). The number of aromatic nitrogens is 2. The highest BCUT2D eigenvalue weighted by atomic mass is 16.5. The lowest BCUT2D eigenvalue weighted by Crippen LogP contribution is -2.20. The maximum atomic E-state index is 5.81. The second kappa shape index (κ2) is 6.71. The predicted molar refractivity (Wildman–Crippen MR) is 103 cm³/mol. The zero-order valence-corrected chi connectivity index (χ0v) is 15.0. The monoisotopic (exact) mass is 350 g/mol. The van der Waals surface area contributed by atoms with Gasteiger partial charge < -0.3 is 20.1 Å². The molecule has 1 aromatic heterocycles. The second-order valence-electron chi connectivity index (χ2n) is 6.59. The number of anilines is 3. The molecule has 1 aliphatic carbocycles. The van der Waals surface area contributed by atoms with Gasteiger partial charge in [0.2, 0.25) is 0 Å². The SMILES string of the molecule is COc1cc(OC)cc(N(CC2CC2)c2ccc3ncc(N)nc3c2)c1. The minimum absolute atomic E-state index is 0.423. The molecule has 0 unspecified atom stereocenters. The van der Waals surface area contributed by atoms with Gasteiger partial charge >= 0.3 is 0 Å². The molecule has 0 aliphatic heterocycles. The first kappa shape index (κ1) is 16.4. The van der Waals surface area contributed by atoms with Crippen LogP contribution in [0.4, 0.5) is 17.2 Å². The number of methoxy groups -OCH3 is 2. The van der Waals surface area contributed by atoms with Gasteiger partial charge in [-0.15, -0.1) is 0 Å². The summed E-state index contributed by atoms with van der Waals surface area (Å²) in [4.78, 5) is 11.0. The van der Waals surface area contributed by atoms with E-state index in [1.54, 1.807) is 20.4 Å². The van der Waals surface area contributed by atoms with Gasteiger partial charge in [-0.2, -0.15) is 0 Å². The van der Waals surface area contributed by atoms with Gasteiger partial charge in [0.1, 0.15) is 17.3 Å². The lowest BCUT2D eigenvalue weighted by molar-refractivity contribution is 0.394. The van der Waals surface area contributed by atoms with Crippen LogP contribution in [-0.2, 0) is 0 Å². The number of fused-ring (bicyclic) bond motifs is 1. The van der Waals surface area contributed by atoms with E-state index in [2.05, 4.69) is 20.9 Å². The summed E-state index contributed by atoms with van der Waals surface area (Å²) >= 11 is 0. The average Bonchev–Trinajstić information content (AvgIpc) is 3.49. The molecular weight excluding hydrogens is 328 g/mol. The molecule has 6 nitrogen and oxygen atoms in total. The van der Waals surface area contributed by atoms with Gasteiger partial charge in [-0.1, -0.05) is 0 Å². The van der Waals surface area contributed by atoms with E-state index in [0.717, 1.165) is 40.5 Å². The molecule has 0 atom stereocenters. The summed E-state index contributed by atoms with van der Waals surface area (Å²) in [7, 11) is 3.33. The molecule has 1 heterocycles. The van der Waals surface area contributed by atoms with Crippen molar-refractivity contribution in [2.75, 3.05) is 31.4 Å². The Balaban J connectivity index is 1.80. The van der Waals surface area contributed by atoms with Gasteiger partial charge in [0.25, 0.3) is 0 Å². The van der Waals surface area contributed by atoms with Crippen molar-refractivity contribution in [1.29, 1.82) is 0 Å². The smallest absolute Gasteiger partial charge is 0.142 e. The Hall–Kier alpha value is -3.02. The normalized spacial score (nSPS) is 13.6. The van der Waals surface area contributed by atoms with Crippen LogP contribution in [0.3, 0.4) is 0 Å². The van der Waals surface area contributed by atoms with Crippen LogP contribution in [0.5, 0.6) is 11.5 Å². The number of nitrogens with two attached hydrogens (primary N) is 1. The van der Waals surface area contributed by atoms with E-state index < -0.39 is 0 Å². The number of nitrogens with zero attached hydrogens (tertiary/aromatic N) is 3. The fraction of sp³-hybridized carbons (Fsp3) is 0.300. The molecule has 1 aliphatic rings. The third-order valence-electron chi connectivity index (χ3n) is 4.64. The molecule has 6 heteroatoms. The van der Waals surface area contributed by atoms with Gasteiger partial charge in [-0.25, -0.2) is 4.98 Å². The van der Waals surface area contributed by atoms with Crippen molar-refractivity contribution in [3.05, 3.63) is 42.6 Å². The number of rotatable bonds is 6. The molecule has 2 N–H and O–H groups in total. The molecule has 26 heavy (non-hydrogen) atoms. The van der Waals surface area contributed by atoms with Crippen LogP contribution >= 0.6 is 0 Å². The maximum Gasteiger partial charge on any atom is 0.142 e. The molecule has 0 bridgehead atoms. The minimum atomic E-state index is 0.423. The third kappa shape index (κ3) is 3.35. The first-order chi connectivity index (χ1) is 12.7. The van der Waals surface area contributed by atoms with Gasteiger partial charge in [-0.3, -0.25) is 4.98 Å². The summed E-state index contributed by atoms with van der Waals surface area (Å²) in [6, 6.07) is 12.0. The molecular formula is C20H22N4O2. The van der Waals surface area contributed by atoms with E-state index in [1.165, 1.54) is 12.8 Å². The minimum Gasteiger partial charge on any atom is -0.497 e. The Kier molecular flexibility index (Phi) is 4.24. The van der Waals surface area contributed by atoms with Crippen LogP contribution in [0, 0.1) is 5.92 Å². The Morgan fingerprint density at radius 1 is 1.00 bits per heavy atom. The Bertz CT molecular complexity index is 918. The molecule has 1 fully saturated rings. The summed E-state index contributed by atoms with van der Waals surface area (Å²) in [5, 5.41) is 0. The number of benzene rings is 2. The van der Waals surface area contributed by atoms with Crippen LogP contribution in [-0.4, -0.2) is 30.7 Å². The summed E-state index contributed by atoms with van der Waals surface area (Å²) in [6.45, 7) is 0.942. The third-order valence-corrected chi connectivity index (χ3v) is 4.64. The topological polar surface area (TPSA) is 73.5 Å². The van der Waals surface area contributed by atoms with Gasteiger partial charge in [0.05, 0.1) is 31.4 Å². The summed E-state index contributed by atoms with van der Waals surface area (Å²) < 4.78 is 10.9. The summed E-state index contributed by atoms with van der Waals surface area (Å²) in [6.07, 6.45) is 4.10. The molecule has 134 valence electrons. The predicted octanol–water partition coefficient (Wildman–Crippen LogP) is 3.78. The number of hydrogen-bond acceptors (Lipinski definition) is 6. The van der Waals surface area contributed by atoms with Crippen LogP contribution in [0.15, 0.2) is 42.6 Å². The van der Waals surface area contributed by atoms with E-state index >= 15 is 0 Å². The van der Waals surface area contributed by atoms with Crippen LogP contribution < -0.4 is 20.1 Å². The Labute approximate surface area is 152 Å². The Morgan fingerprint density at radius 3 is 2.38 bits per heavy atom. The standard InChI is InChI=1S/C20H22N4O2/c1-25-16-7-15(8-17(10-16)26-2)24(12-13-3-4-13)14-5-6-18-19(9-14)23-20(21)11-22-18/h5-11,13H,3-4,12H2,1-2H3,(H2,21,23). The molecule has 0 amide bonds. The number of nitrogen functional groups attached to an aromatic ring is 1. The zero-order chi connectivity index (χ0) is 18.1. The van der Waals surface area contributed by atoms with Gasteiger partial charge in [0.15, 0.2) is 0 Å². The molecule has 0 radical (unpaired) electrons. The van der Waals surface area contributed by atoms with Crippen molar-refractivity contribution in [3.63, 3.8) is 0 Å². The van der Waals surface area contributed by atoms with Crippen LogP contribution in [0.2, 0.25) is 0 Å². The van der Waals surface area contributed by atoms with Crippen molar-refractivity contribution in [3.8, 4) is 11.5 Å². The number of ether oxygens (including phenoxy) is 2. The lowest BCUT2D eigenvalue weighted by atomic mass is 10.2. The molecule has 0 spiro atoms. The molecule has 3 aromatic rings. The van der Waals surface area contributed by atoms with Gasteiger partial charge in [0, 0.05) is 36.1 Å². The second-order valence-corrected chi connectivity index (χ2v) is 6.59. The largest absolute Gasteiger partial charge is 0.497 e. The quantitative estimate of drug-likeness (QED) is 0.729. The lowest BCUT2D eigenvalue weighted by Gasteiger charge is -2.26. The van der Waals surface area contributed by atoms with E-state index in [1.807, 2.05) is 30.3 Å². The van der Waals surface area contributed by atoms with Crippen LogP contribution in [0.25, 0.3) is 11.0 Å². The summed E-state index contributed by atoms with van der Waals surface area (Å²) in [5.41, 5.74) is 9.52. The first-order valence-corrected chi connectivity index (χ1v) is 8.69. The average molecular weight is 350 g/mol. The van der Waals surface area contributed by atoms with Gasteiger partial charge in [-0.05, 0) is 37.0 Å². The van der Waals surface area contributed by atoms with E-state index in [4.69, 9.17) is 15.2 Å². The molecule has 1 saturated carbocycles. The van der Waals surface area contributed by atoms with Crippen molar-refractivity contribution < 1.29 is 9.47 Å². The van der Waals surface area contributed by atoms with E-state index in [9.17, 15) is 0 Å². The zero-order valence-electron chi connectivity index (χ0n) is 15.0. The van der Waals surface area contributed by atoms with Crippen molar-refractivity contribution in [2.24, 2.45) is 5.92 Å². The fourth-order valence-corrected chi connectivity index (χ4v) is 3.05. The highest BCUT2D eigenvalue weighted by Crippen LogP contribution is 2.38. The first-order valence-electron chi connectivity index (χ1n) is 8.69. The van der Waals surface area contributed by atoms with Crippen molar-refractivity contribution >= 4 is 28.2 Å².